The molecule has 0 saturated heterocycles. The predicted molar refractivity (Wildman–Crippen MR) is 68.9 cm³/mol. The van der Waals surface area contributed by atoms with Gasteiger partial charge in [0.05, 0.1) is 30.9 Å². The van der Waals surface area contributed by atoms with E-state index in [4.69, 9.17) is 10.6 Å². The summed E-state index contributed by atoms with van der Waals surface area (Å²) < 4.78 is 1.84. The summed E-state index contributed by atoms with van der Waals surface area (Å²) in [5.41, 5.74) is 7.13. The maximum Gasteiger partial charge on any atom is 0.357 e. The number of nitrogens with two attached hydrogens (primary N) is 1. The van der Waals surface area contributed by atoms with Crippen molar-refractivity contribution >= 4 is 11.8 Å². The van der Waals surface area contributed by atoms with Crippen LogP contribution in [0.4, 0.5) is 5.82 Å². The number of rotatable bonds is 2. The van der Waals surface area contributed by atoms with Crippen LogP contribution in [0.3, 0.4) is 0 Å². The largest absolute Gasteiger partial charge is 0.382 e. The van der Waals surface area contributed by atoms with E-state index in [-0.39, 0.29) is 5.97 Å². The fourth-order valence-corrected chi connectivity index (χ4v) is 2.09. The van der Waals surface area contributed by atoms with Crippen LogP contribution in [0.1, 0.15) is 16.1 Å². The van der Waals surface area contributed by atoms with E-state index in [0.29, 0.717) is 31.0 Å². The summed E-state index contributed by atoms with van der Waals surface area (Å²) in [5, 5.41) is 5.78. The third-order valence-corrected chi connectivity index (χ3v) is 3.00. The van der Waals surface area contributed by atoms with E-state index in [1.54, 1.807) is 23.3 Å². The van der Waals surface area contributed by atoms with E-state index >= 15 is 0 Å². The molecule has 98 valence electrons. The number of carbonyl (C=O) groups excluding carboxylic acids is 1. The minimum absolute atomic E-state index is 0.346. The molecule has 1 aromatic heterocycles. The second kappa shape index (κ2) is 4.74. The van der Waals surface area contributed by atoms with Crippen molar-refractivity contribution in [3.05, 3.63) is 47.7 Å². The molecule has 6 nitrogen and oxygen atoms in total. The Balaban J connectivity index is 1.68. The average Bonchev–Trinajstić information content (AvgIpc) is 2.79. The van der Waals surface area contributed by atoms with Crippen molar-refractivity contribution in [2.45, 2.75) is 13.1 Å². The zero-order valence-corrected chi connectivity index (χ0v) is 10.3. The predicted octanol–water partition coefficient (Wildman–Crippen LogP) is 1.05. The molecule has 0 fully saturated rings. The third kappa shape index (κ3) is 2.43. The number of hydroxylamine groups is 2. The van der Waals surface area contributed by atoms with E-state index in [1.807, 2.05) is 22.9 Å². The number of anilines is 1. The van der Waals surface area contributed by atoms with Crippen LogP contribution in [0.5, 0.6) is 0 Å². The molecule has 0 saturated carbocycles. The second-order valence-corrected chi connectivity index (χ2v) is 4.39. The molecule has 0 aliphatic carbocycles. The fourth-order valence-electron chi connectivity index (χ4n) is 2.09. The van der Waals surface area contributed by atoms with E-state index in [0.717, 1.165) is 5.69 Å². The minimum Gasteiger partial charge on any atom is -0.382 e. The molecule has 2 aromatic rings. The molecular weight excluding hydrogens is 244 g/mol. The molecule has 0 bridgehead atoms. The smallest absolute Gasteiger partial charge is 0.357 e. The van der Waals surface area contributed by atoms with Crippen molar-refractivity contribution in [3.63, 3.8) is 0 Å². The van der Waals surface area contributed by atoms with Gasteiger partial charge < -0.3 is 10.6 Å². The van der Waals surface area contributed by atoms with E-state index in [9.17, 15) is 4.79 Å². The average molecular weight is 258 g/mol. The van der Waals surface area contributed by atoms with Crippen LogP contribution in [0.2, 0.25) is 0 Å². The molecule has 0 radical (unpaired) electrons. The van der Waals surface area contributed by atoms with Gasteiger partial charge in [0, 0.05) is 6.07 Å². The quantitative estimate of drug-likeness (QED) is 0.871. The van der Waals surface area contributed by atoms with Gasteiger partial charge in [-0.05, 0) is 12.1 Å². The van der Waals surface area contributed by atoms with Gasteiger partial charge in [0.25, 0.3) is 0 Å². The van der Waals surface area contributed by atoms with Gasteiger partial charge in [-0.15, -0.1) is 5.06 Å². The lowest BCUT2D eigenvalue weighted by molar-refractivity contribution is -0.127. The maximum absolute atomic E-state index is 11.9. The van der Waals surface area contributed by atoms with Gasteiger partial charge >= 0.3 is 5.97 Å². The number of nitrogen functional groups attached to an aromatic ring is 1. The Kier molecular flexibility index (Phi) is 2.92. The summed E-state index contributed by atoms with van der Waals surface area (Å²) in [5.74, 6) is 0.146. The van der Waals surface area contributed by atoms with Crippen molar-refractivity contribution < 1.29 is 9.63 Å². The molecule has 0 amide bonds. The van der Waals surface area contributed by atoms with Gasteiger partial charge in [-0.2, -0.15) is 5.10 Å². The topological polar surface area (TPSA) is 73.4 Å². The summed E-state index contributed by atoms with van der Waals surface area (Å²) >= 11 is 0. The van der Waals surface area contributed by atoms with E-state index in [1.165, 1.54) is 0 Å². The van der Waals surface area contributed by atoms with Gasteiger partial charge in [0.1, 0.15) is 5.82 Å². The van der Waals surface area contributed by atoms with Crippen molar-refractivity contribution in [1.82, 2.24) is 14.8 Å². The van der Waals surface area contributed by atoms with Gasteiger partial charge in [-0.25, -0.2) is 4.79 Å². The Morgan fingerprint density at radius 3 is 2.84 bits per heavy atom. The van der Waals surface area contributed by atoms with Crippen LogP contribution in [0.25, 0.3) is 0 Å². The van der Waals surface area contributed by atoms with Gasteiger partial charge in [0.2, 0.25) is 0 Å². The highest BCUT2D eigenvalue weighted by molar-refractivity contribution is 5.89. The van der Waals surface area contributed by atoms with Crippen LogP contribution in [0.15, 0.2) is 36.4 Å². The van der Waals surface area contributed by atoms with Gasteiger partial charge in [-0.1, -0.05) is 18.2 Å². The van der Waals surface area contributed by atoms with Crippen molar-refractivity contribution in [3.8, 4) is 0 Å². The molecular formula is C13H14N4O2. The van der Waals surface area contributed by atoms with Gasteiger partial charge in [0.15, 0.2) is 0 Å². The van der Waals surface area contributed by atoms with E-state index in [2.05, 4.69) is 5.10 Å². The van der Waals surface area contributed by atoms with Crippen LogP contribution < -0.4 is 5.73 Å². The minimum atomic E-state index is -0.346. The first-order chi connectivity index (χ1) is 9.22. The molecule has 2 heterocycles. The Bertz CT molecular complexity index is 594. The zero-order chi connectivity index (χ0) is 13.2. The Labute approximate surface area is 110 Å². The monoisotopic (exact) mass is 258 g/mol. The Hall–Kier alpha value is -2.34. The Morgan fingerprint density at radius 1 is 1.26 bits per heavy atom. The van der Waals surface area contributed by atoms with Gasteiger partial charge in [-0.3, -0.25) is 4.68 Å². The number of carbonyl (C=O) groups is 1. The SMILES string of the molecule is Nc1cc2n(n1)CCN(OC(=O)c1ccccc1)C2. The number of nitrogens with zero attached hydrogens (tertiary/aromatic N) is 3. The van der Waals surface area contributed by atoms with Crippen molar-refractivity contribution in [2.75, 3.05) is 12.3 Å². The standard InChI is InChI=1S/C13H14N4O2/c14-12-8-11-9-16(6-7-17(11)15-12)19-13(18)10-4-2-1-3-5-10/h1-5,8H,6-7,9H2,(H2,14,15). The number of benzene rings is 1. The summed E-state index contributed by atoms with van der Waals surface area (Å²) in [6, 6.07) is 10.7. The molecule has 3 rings (SSSR count). The lowest BCUT2D eigenvalue weighted by Crippen LogP contribution is -2.35. The maximum atomic E-state index is 11.9. The first-order valence-corrected chi connectivity index (χ1v) is 6.07. The summed E-state index contributed by atoms with van der Waals surface area (Å²) in [6.07, 6.45) is 0. The molecule has 0 spiro atoms. The number of fused-ring (bicyclic) bond motifs is 1. The summed E-state index contributed by atoms with van der Waals surface area (Å²) in [7, 11) is 0. The van der Waals surface area contributed by atoms with Crippen molar-refractivity contribution in [1.29, 1.82) is 0 Å². The number of aromatic nitrogens is 2. The Morgan fingerprint density at radius 2 is 2.05 bits per heavy atom. The van der Waals surface area contributed by atoms with Crippen LogP contribution in [-0.4, -0.2) is 27.4 Å². The highest BCUT2D eigenvalue weighted by Crippen LogP contribution is 2.15. The normalized spacial score (nSPS) is 14.9. The molecule has 0 unspecified atom stereocenters. The third-order valence-electron chi connectivity index (χ3n) is 3.00. The number of hydrogen-bond donors (Lipinski definition) is 1. The molecule has 19 heavy (non-hydrogen) atoms. The lowest BCUT2D eigenvalue weighted by atomic mass is 10.2. The fraction of sp³-hybridized carbons (Fsp3) is 0.231. The molecule has 6 heteroatoms. The van der Waals surface area contributed by atoms with Crippen LogP contribution >= 0.6 is 0 Å². The van der Waals surface area contributed by atoms with Crippen LogP contribution in [-0.2, 0) is 17.9 Å². The van der Waals surface area contributed by atoms with Crippen LogP contribution in [0, 0.1) is 0 Å². The van der Waals surface area contributed by atoms with E-state index < -0.39 is 0 Å². The molecule has 1 aliphatic rings. The first-order valence-electron chi connectivity index (χ1n) is 6.07. The highest BCUT2D eigenvalue weighted by Gasteiger charge is 2.21. The molecule has 0 atom stereocenters. The zero-order valence-electron chi connectivity index (χ0n) is 10.3. The molecule has 1 aliphatic heterocycles. The summed E-state index contributed by atoms with van der Waals surface area (Å²) in [6.45, 7) is 1.77. The molecule has 2 N–H and O–H groups in total. The summed E-state index contributed by atoms with van der Waals surface area (Å²) in [4.78, 5) is 17.3. The molecule has 1 aromatic carbocycles. The first kappa shape index (κ1) is 11.7. The van der Waals surface area contributed by atoms with Crippen molar-refractivity contribution in [2.24, 2.45) is 0 Å². The number of hydrogen-bond acceptors (Lipinski definition) is 5. The highest BCUT2D eigenvalue weighted by atomic mass is 16.7. The second-order valence-electron chi connectivity index (χ2n) is 4.39. The lowest BCUT2D eigenvalue weighted by Gasteiger charge is -2.25.